The van der Waals surface area contributed by atoms with Crippen LogP contribution in [0.5, 0.6) is 5.75 Å². The number of amides is 1. The molecule has 2 N–H and O–H groups in total. The number of ether oxygens (including phenoxy) is 1. The monoisotopic (exact) mass is 376 g/mol. The lowest BCUT2D eigenvalue weighted by Gasteiger charge is -2.11. The molecule has 0 aliphatic rings. The van der Waals surface area contributed by atoms with E-state index in [9.17, 15) is 4.79 Å². The van der Waals surface area contributed by atoms with Gasteiger partial charge in [-0.3, -0.25) is 4.79 Å². The van der Waals surface area contributed by atoms with E-state index in [2.05, 4.69) is 46.6 Å². The minimum atomic E-state index is -0.329. The van der Waals surface area contributed by atoms with Gasteiger partial charge in [-0.15, -0.1) is 0 Å². The van der Waals surface area contributed by atoms with E-state index in [0.717, 1.165) is 11.3 Å². The first-order chi connectivity index (χ1) is 13.5. The third-order valence-electron chi connectivity index (χ3n) is 4.32. The van der Waals surface area contributed by atoms with Crippen LogP contribution in [-0.4, -0.2) is 23.0 Å². The van der Waals surface area contributed by atoms with Crippen molar-refractivity contribution in [2.45, 2.75) is 26.7 Å². The summed E-state index contributed by atoms with van der Waals surface area (Å²) in [5, 5.41) is 5.98. The Kier molecular flexibility index (Phi) is 5.89. The molecule has 28 heavy (non-hydrogen) atoms. The van der Waals surface area contributed by atoms with E-state index in [4.69, 9.17) is 4.74 Å². The number of nitrogens with zero attached hydrogens (tertiary/aromatic N) is 2. The van der Waals surface area contributed by atoms with Crippen LogP contribution in [0.4, 0.5) is 17.3 Å². The van der Waals surface area contributed by atoms with Crippen molar-refractivity contribution in [2.75, 3.05) is 17.7 Å². The normalized spacial score (nSPS) is 10.6. The Hall–Kier alpha value is -3.41. The van der Waals surface area contributed by atoms with Crippen molar-refractivity contribution in [1.82, 2.24) is 9.97 Å². The Morgan fingerprint density at radius 1 is 1.07 bits per heavy atom. The fourth-order valence-corrected chi connectivity index (χ4v) is 2.73. The van der Waals surface area contributed by atoms with Gasteiger partial charge in [0.2, 0.25) is 5.95 Å². The molecule has 0 aliphatic carbocycles. The van der Waals surface area contributed by atoms with Crippen molar-refractivity contribution in [2.24, 2.45) is 0 Å². The van der Waals surface area contributed by atoms with Gasteiger partial charge in [0.05, 0.1) is 12.8 Å². The van der Waals surface area contributed by atoms with Crippen LogP contribution >= 0.6 is 0 Å². The third-order valence-corrected chi connectivity index (χ3v) is 4.32. The number of methoxy groups -OCH3 is 1. The third kappa shape index (κ3) is 4.65. The summed E-state index contributed by atoms with van der Waals surface area (Å²) < 4.78 is 5.31. The molecule has 3 aromatic rings. The van der Waals surface area contributed by atoms with Crippen LogP contribution in [0.2, 0.25) is 0 Å². The molecule has 0 radical (unpaired) electrons. The molecule has 6 nitrogen and oxygen atoms in total. The second kappa shape index (κ2) is 8.52. The fourth-order valence-electron chi connectivity index (χ4n) is 2.73. The number of aryl methyl sites for hydroxylation is 1. The molecule has 1 heterocycles. The highest BCUT2D eigenvalue weighted by Crippen LogP contribution is 2.25. The highest BCUT2D eigenvalue weighted by Gasteiger charge is 2.12. The topological polar surface area (TPSA) is 76.1 Å². The minimum absolute atomic E-state index is 0.264. The Labute approximate surface area is 165 Å². The number of hydrogen-bond acceptors (Lipinski definition) is 5. The molecule has 0 saturated heterocycles. The molecule has 0 spiro atoms. The average Bonchev–Trinajstić information content (AvgIpc) is 2.69. The Morgan fingerprint density at radius 2 is 1.82 bits per heavy atom. The van der Waals surface area contributed by atoms with Crippen molar-refractivity contribution in [3.8, 4) is 5.75 Å². The van der Waals surface area contributed by atoms with Crippen LogP contribution in [-0.2, 0) is 0 Å². The number of benzene rings is 2. The number of nitrogens with one attached hydrogen (secondary N) is 2. The van der Waals surface area contributed by atoms with Gasteiger partial charge in [-0.2, -0.15) is 0 Å². The number of aromatic nitrogens is 2. The first-order valence-corrected chi connectivity index (χ1v) is 9.12. The number of carbonyl (C=O) groups is 1. The quantitative estimate of drug-likeness (QED) is 0.639. The molecule has 0 fully saturated rings. The smallest absolute Gasteiger partial charge is 0.274 e. The molecule has 0 aliphatic heterocycles. The largest absolute Gasteiger partial charge is 0.495 e. The average molecular weight is 376 g/mol. The van der Waals surface area contributed by atoms with Gasteiger partial charge in [-0.1, -0.05) is 32.0 Å². The van der Waals surface area contributed by atoms with Crippen LogP contribution < -0.4 is 15.4 Å². The zero-order valence-corrected chi connectivity index (χ0v) is 16.5. The molecule has 3 rings (SSSR count). The Balaban J connectivity index is 1.75. The molecule has 0 unspecified atom stereocenters. The maximum absolute atomic E-state index is 12.6. The van der Waals surface area contributed by atoms with E-state index < -0.39 is 0 Å². The molecular weight excluding hydrogens is 352 g/mol. The van der Waals surface area contributed by atoms with Crippen LogP contribution in [0, 0.1) is 6.92 Å². The van der Waals surface area contributed by atoms with Gasteiger partial charge < -0.3 is 15.4 Å². The molecule has 2 aromatic carbocycles. The van der Waals surface area contributed by atoms with E-state index in [1.165, 1.54) is 5.56 Å². The predicted molar refractivity (Wildman–Crippen MR) is 112 cm³/mol. The van der Waals surface area contributed by atoms with Crippen molar-refractivity contribution < 1.29 is 9.53 Å². The highest BCUT2D eigenvalue weighted by atomic mass is 16.5. The fraction of sp³-hybridized carbons (Fsp3) is 0.227. The summed E-state index contributed by atoms with van der Waals surface area (Å²) in [5.74, 6) is 1.10. The molecule has 144 valence electrons. The van der Waals surface area contributed by atoms with Crippen molar-refractivity contribution in [1.29, 1.82) is 0 Å². The van der Waals surface area contributed by atoms with E-state index in [-0.39, 0.29) is 11.6 Å². The van der Waals surface area contributed by atoms with E-state index >= 15 is 0 Å². The Bertz CT molecular complexity index is 969. The zero-order valence-electron chi connectivity index (χ0n) is 16.5. The summed E-state index contributed by atoms with van der Waals surface area (Å²) in [6, 6.07) is 15.2. The summed E-state index contributed by atoms with van der Waals surface area (Å²) >= 11 is 0. The van der Waals surface area contributed by atoms with Gasteiger partial charge in [-0.05, 0) is 54.3 Å². The number of anilines is 3. The second-order valence-corrected chi connectivity index (χ2v) is 6.83. The van der Waals surface area contributed by atoms with Crippen LogP contribution in [0.3, 0.4) is 0 Å². The van der Waals surface area contributed by atoms with Crippen molar-refractivity contribution >= 4 is 23.2 Å². The Morgan fingerprint density at radius 3 is 2.50 bits per heavy atom. The second-order valence-electron chi connectivity index (χ2n) is 6.83. The highest BCUT2D eigenvalue weighted by molar-refractivity contribution is 6.03. The van der Waals surface area contributed by atoms with Gasteiger partial charge >= 0.3 is 0 Å². The zero-order chi connectivity index (χ0) is 20.1. The molecule has 0 bridgehead atoms. The van der Waals surface area contributed by atoms with Crippen molar-refractivity contribution in [3.05, 3.63) is 71.5 Å². The van der Waals surface area contributed by atoms with E-state index in [1.54, 1.807) is 19.4 Å². The van der Waals surface area contributed by atoms with Crippen LogP contribution in [0.1, 0.15) is 41.4 Å². The first-order valence-electron chi connectivity index (χ1n) is 9.12. The summed E-state index contributed by atoms with van der Waals surface area (Å²) in [7, 11) is 1.57. The lowest BCUT2D eigenvalue weighted by Crippen LogP contribution is -2.15. The summed E-state index contributed by atoms with van der Waals surface area (Å²) in [5.41, 5.74) is 4.00. The maximum atomic E-state index is 12.6. The molecule has 1 aromatic heterocycles. The van der Waals surface area contributed by atoms with Crippen LogP contribution in [0.15, 0.2) is 54.7 Å². The molecule has 0 atom stereocenters. The number of hydrogen-bond donors (Lipinski definition) is 2. The van der Waals surface area contributed by atoms with E-state index in [0.29, 0.717) is 23.3 Å². The van der Waals surface area contributed by atoms with Gasteiger partial charge in [0.1, 0.15) is 11.4 Å². The van der Waals surface area contributed by atoms with Gasteiger partial charge in [-0.25, -0.2) is 9.97 Å². The maximum Gasteiger partial charge on any atom is 0.274 e. The van der Waals surface area contributed by atoms with Gasteiger partial charge in [0.15, 0.2) is 0 Å². The van der Waals surface area contributed by atoms with E-state index in [1.807, 2.05) is 37.3 Å². The predicted octanol–water partition coefficient (Wildman–Crippen LogP) is 4.91. The number of carbonyl (C=O) groups excluding carboxylic acids is 1. The number of rotatable bonds is 6. The first kappa shape index (κ1) is 19.4. The lowest BCUT2D eigenvalue weighted by molar-refractivity contribution is 0.102. The lowest BCUT2D eigenvalue weighted by atomic mass is 10.0. The molecule has 1 amide bonds. The summed E-state index contributed by atoms with van der Waals surface area (Å²) in [6.45, 7) is 6.25. The molecular formula is C22H24N4O2. The van der Waals surface area contributed by atoms with Crippen LogP contribution in [0.25, 0.3) is 0 Å². The van der Waals surface area contributed by atoms with Gasteiger partial charge in [0, 0.05) is 11.9 Å². The summed E-state index contributed by atoms with van der Waals surface area (Å²) in [6.07, 6.45) is 1.56. The molecule has 0 saturated carbocycles. The SMILES string of the molecule is COc1ccc(C)cc1NC(=O)c1ccnc(Nc2ccc(C(C)C)cc2)n1. The van der Waals surface area contributed by atoms with Crippen molar-refractivity contribution in [3.63, 3.8) is 0 Å². The standard InChI is InChI=1S/C22H24N4O2/c1-14(2)16-6-8-17(9-7-16)24-22-23-12-11-18(26-22)21(27)25-19-13-15(3)5-10-20(19)28-4/h5-14H,1-4H3,(H,25,27)(H,23,24,26). The minimum Gasteiger partial charge on any atom is -0.495 e. The molecule has 6 heteroatoms. The van der Waals surface area contributed by atoms with Gasteiger partial charge in [0.25, 0.3) is 5.91 Å². The summed E-state index contributed by atoms with van der Waals surface area (Å²) in [4.78, 5) is 21.2.